The molecule has 3 nitrogen and oxygen atoms in total. The van der Waals surface area contributed by atoms with E-state index in [1.54, 1.807) is 0 Å². The summed E-state index contributed by atoms with van der Waals surface area (Å²) in [6.07, 6.45) is 3.30. The number of nitrogens with one attached hydrogen (secondary N) is 1. The molecule has 1 unspecified atom stereocenters. The fourth-order valence-corrected chi connectivity index (χ4v) is 2.59. The number of nitrogens with zero attached hydrogens (tertiary/aromatic N) is 2. The lowest BCUT2D eigenvalue weighted by Crippen LogP contribution is -2.20. The summed E-state index contributed by atoms with van der Waals surface area (Å²) < 4.78 is 2.04. The SMILES string of the molecule is Cn1ncc(C2CCNC2)c1C(C)(C)C. The van der Waals surface area contributed by atoms with E-state index in [9.17, 15) is 0 Å². The Hall–Kier alpha value is -0.830. The lowest BCUT2D eigenvalue weighted by atomic mass is 9.85. The van der Waals surface area contributed by atoms with Crippen LogP contribution in [0.2, 0.25) is 0 Å². The molecular weight excluding hydrogens is 186 g/mol. The van der Waals surface area contributed by atoms with Crippen LogP contribution in [0.1, 0.15) is 44.4 Å². The fraction of sp³-hybridized carbons (Fsp3) is 0.750. The molecule has 0 amide bonds. The van der Waals surface area contributed by atoms with Gasteiger partial charge in [-0.2, -0.15) is 5.10 Å². The largest absolute Gasteiger partial charge is 0.316 e. The van der Waals surface area contributed by atoms with E-state index in [4.69, 9.17) is 0 Å². The molecule has 1 aromatic heterocycles. The van der Waals surface area contributed by atoms with Gasteiger partial charge in [0.15, 0.2) is 0 Å². The number of aryl methyl sites for hydroxylation is 1. The minimum absolute atomic E-state index is 0.184. The Morgan fingerprint density at radius 2 is 2.20 bits per heavy atom. The van der Waals surface area contributed by atoms with Crippen molar-refractivity contribution in [3.8, 4) is 0 Å². The van der Waals surface area contributed by atoms with Gasteiger partial charge in [0.1, 0.15) is 0 Å². The van der Waals surface area contributed by atoms with Crippen molar-refractivity contribution in [1.29, 1.82) is 0 Å². The van der Waals surface area contributed by atoms with Gasteiger partial charge in [-0.3, -0.25) is 4.68 Å². The van der Waals surface area contributed by atoms with Crippen LogP contribution in [0.3, 0.4) is 0 Å². The molecule has 0 aliphatic carbocycles. The van der Waals surface area contributed by atoms with Gasteiger partial charge in [0.25, 0.3) is 0 Å². The summed E-state index contributed by atoms with van der Waals surface area (Å²) in [5, 5.41) is 7.84. The first-order valence-corrected chi connectivity index (χ1v) is 5.73. The molecule has 1 aliphatic heterocycles. The summed E-state index contributed by atoms with van der Waals surface area (Å²) in [5.74, 6) is 0.660. The monoisotopic (exact) mass is 207 g/mol. The molecule has 1 aliphatic rings. The molecule has 3 heteroatoms. The van der Waals surface area contributed by atoms with Crippen LogP contribution in [0.4, 0.5) is 0 Å². The molecule has 0 radical (unpaired) electrons. The second-order valence-corrected chi connectivity index (χ2v) is 5.51. The highest BCUT2D eigenvalue weighted by Gasteiger charge is 2.28. The maximum atomic E-state index is 4.42. The van der Waals surface area contributed by atoms with Gasteiger partial charge in [-0.15, -0.1) is 0 Å². The second kappa shape index (κ2) is 3.63. The molecule has 0 saturated carbocycles. The smallest absolute Gasteiger partial charge is 0.0528 e. The van der Waals surface area contributed by atoms with Crippen LogP contribution < -0.4 is 5.32 Å². The number of hydrogen-bond donors (Lipinski definition) is 1. The predicted octanol–water partition coefficient (Wildman–Crippen LogP) is 1.79. The summed E-state index contributed by atoms with van der Waals surface area (Å²) in [6, 6.07) is 0. The van der Waals surface area contributed by atoms with Crippen LogP contribution in [0.25, 0.3) is 0 Å². The first-order chi connectivity index (χ1) is 7.00. The van der Waals surface area contributed by atoms with E-state index in [0.717, 1.165) is 13.1 Å². The summed E-state index contributed by atoms with van der Waals surface area (Å²) in [5.41, 5.74) is 3.01. The van der Waals surface area contributed by atoms with Crippen molar-refractivity contribution in [2.24, 2.45) is 7.05 Å². The molecule has 2 heterocycles. The molecule has 15 heavy (non-hydrogen) atoms. The molecule has 2 rings (SSSR count). The van der Waals surface area contributed by atoms with Crippen molar-refractivity contribution in [2.45, 2.75) is 38.5 Å². The maximum absolute atomic E-state index is 4.42. The lowest BCUT2D eigenvalue weighted by Gasteiger charge is -2.23. The summed E-state index contributed by atoms with van der Waals surface area (Å²) in [6.45, 7) is 9.03. The van der Waals surface area contributed by atoms with E-state index in [-0.39, 0.29) is 5.41 Å². The first-order valence-electron chi connectivity index (χ1n) is 5.73. The van der Waals surface area contributed by atoms with Gasteiger partial charge in [0.05, 0.1) is 6.20 Å². The molecule has 1 fully saturated rings. The number of hydrogen-bond acceptors (Lipinski definition) is 2. The molecule has 0 aromatic carbocycles. The van der Waals surface area contributed by atoms with Gasteiger partial charge in [-0.25, -0.2) is 0 Å². The lowest BCUT2D eigenvalue weighted by molar-refractivity contribution is 0.512. The summed E-state index contributed by atoms with van der Waals surface area (Å²) in [7, 11) is 2.05. The highest BCUT2D eigenvalue weighted by atomic mass is 15.3. The highest BCUT2D eigenvalue weighted by molar-refractivity contribution is 5.29. The molecule has 1 N–H and O–H groups in total. The van der Waals surface area contributed by atoms with Crippen molar-refractivity contribution < 1.29 is 0 Å². The van der Waals surface area contributed by atoms with Gasteiger partial charge < -0.3 is 5.32 Å². The van der Waals surface area contributed by atoms with E-state index in [2.05, 4.69) is 37.4 Å². The van der Waals surface area contributed by atoms with E-state index in [1.165, 1.54) is 17.7 Å². The fourth-order valence-electron chi connectivity index (χ4n) is 2.59. The molecule has 1 saturated heterocycles. The Morgan fingerprint density at radius 3 is 2.73 bits per heavy atom. The van der Waals surface area contributed by atoms with Crippen LogP contribution in [0, 0.1) is 0 Å². The van der Waals surface area contributed by atoms with Crippen LogP contribution in [-0.2, 0) is 12.5 Å². The van der Waals surface area contributed by atoms with Crippen LogP contribution in [-0.4, -0.2) is 22.9 Å². The van der Waals surface area contributed by atoms with Crippen LogP contribution in [0.15, 0.2) is 6.20 Å². The van der Waals surface area contributed by atoms with Gasteiger partial charge in [0, 0.05) is 30.6 Å². The summed E-state index contributed by atoms with van der Waals surface area (Å²) in [4.78, 5) is 0. The van der Waals surface area contributed by atoms with Gasteiger partial charge in [-0.1, -0.05) is 20.8 Å². The highest BCUT2D eigenvalue weighted by Crippen LogP contribution is 2.32. The normalized spacial score (nSPS) is 22.3. The van der Waals surface area contributed by atoms with Crippen molar-refractivity contribution >= 4 is 0 Å². The molecule has 1 atom stereocenters. The Morgan fingerprint density at radius 1 is 1.47 bits per heavy atom. The van der Waals surface area contributed by atoms with E-state index in [0.29, 0.717) is 5.92 Å². The zero-order valence-electron chi connectivity index (χ0n) is 10.2. The van der Waals surface area contributed by atoms with Crippen LogP contribution in [0.5, 0.6) is 0 Å². The molecule has 84 valence electrons. The number of rotatable bonds is 1. The average Bonchev–Trinajstić information content (AvgIpc) is 2.68. The third-order valence-electron chi connectivity index (χ3n) is 3.18. The van der Waals surface area contributed by atoms with E-state index < -0.39 is 0 Å². The quantitative estimate of drug-likeness (QED) is 0.761. The predicted molar refractivity (Wildman–Crippen MR) is 62.1 cm³/mol. The van der Waals surface area contributed by atoms with Crippen molar-refractivity contribution in [3.63, 3.8) is 0 Å². The zero-order chi connectivity index (χ0) is 11.1. The second-order valence-electron chi connectivity index (χ2n) is 5.51. The molecule has 1 aromatic rings. The molecule has 0 bridgehead atoms. The Kier molecular flexibility index (Phi) is 2.59. The zero-order valence-corrected chi connectivity index (χ0v) is 10.2. The first kappa shape index (κ1) is 10.7. The van der Waals surface area contributed by atoms with Gasteiger partial charge >= 0.3 is 0 Å². The topological polar surface area (TPSA) is 29.9 Å². The van der Waals surface area contributed by atoms with Gasteiger partial charge in [0.2, 0.25) is 0 Å². The molecule has 0 spiro atoms. The average molecular weight is 207 g/mol. The number of aromatic nitrogens is 2. The minimum Gasteiger partial charge on any atom is -0.316 e. The Bertz CT molecular complexity index is 340. The Balaban J connectivity index is 2.39. The minimum atomic E-state index is 0.184. The van der Waals surface area contributed by atoms with Crippen molar-refractivity contribution in [3.05, 3.63) is 17.5 Å². The third-order valence-corrected chi connectivity index (χ3v) is 3.18. The third kappa shape index (κ3) is 1.93. The Labute approximate surface area is 91.9 Å². The van der Waals surface area contributed by atoms with Crippen LogP contribution >= 0.6 is 0 Å². The standard InChI is InChI=1S/C12H21N3/c1-12(2,3)11-10(8-14-15(11)4)9-5-6-13-7-9/h8-9,13H,5-7H2,1-4H3. The van der Waals surface area contributed by atoms with Gasteiger partial charge in [-0.05, 0) is 18.5 Å². The summed E-state index contributed by atoms with van der Waals surface area (Å²) >= 11 is 0. The van der Waals surface area contributed by atoms with Crippen molar-refractivity contribution in [1.82, 2.24) is 15.1 Å². The van der Waals surface area contributed by atoms with E-state index in [1.807, 2.05) is 11.7 Å². The maximum Gasteiger partial charge on any atom is 0.0528 e. The van der Waals surface area contributed by atoms with E-state index >= 15 is 0 Å². The molecular formula is C12H21N3. The van der Waals surface area contributed by atoms with Crippen molar-refractivity contribution in [2.75, 3.05) is 13.1 Å².